The van der Waals surface area contributed by atoms with E-state index in [4.69, 9.17) is 0 Å². The zero-order valence-electron chi connectivity index (χ0n) is 11.6. The van der Waals surface area contributed by atoms with E-state index < -0.39 is 0 Å². The Morgan fingerprint density at radius 3 is 2.61 bits per heavy atom. The van der Waals surface area contributed by atoms with Crippen molar-refractivity contribution in [1.29, 1.82) is 0 Å². The van der Waals surface area contributed by atoms with Crippen LogP contribution in [0.4, 0.5) is 5.95 Å². The van der Waals surface area contributed by atoms with Gasteiger partial charge in [-0.3, -0.25) is 0 Å². The molecule has 0 aromatic carbocycles. The van der Waals surface area contributed by atoms with Crippen LogP contribution in [-0.4, -0.2) is 34.7 Å². The molecule has 18 heavy (non-hydrogen) atoms. The second kappa shape index (κ2) is 4.57. The summed E-state index contributed by atoms with van der Waals surface area (Å²) in [5, 5.41) is 3.70. The summed E-state index contributed by atoms with van der Waals surface area (Å²) < 4.78 is 2.27. The predicted octanol–water partition coefficient (Wildman–Crippen LogP) is 2.18. The molecule has 1 aromatic rings. The van der Waals surface area contributed by atoms with Crippen LogP contribution in [0.25, 0.3) is 0 Å². The van der Waals surface area contributed by atoms with Crippen LogP contribution in [0.3, 0.4) is 0 Å². The Bertz CT molecular complexity index is 400. The first-order valence-corrected chi connectivity index (χ1v) is 7.17. The van der Waals surface area contributed by atoms with Gasteiger partial charge in [-0.05, 0) is 39.5 Å². The number of hydrogen-bond acceptors (Lipinski definition) is 3. The highest BCUT2D eigenvalue weighted by molar-refractivity contribution is 5.33. The summed E-state index contributed by atoms with van der Waals surface area (Å²) in [6.07, 6.45) is 9.24. The first-order valence-electron chi connectivity index (χ1n) is 7.17. The quantitative estimate of drug-likeness (QED) is 0.890. The minimum atomic E-state index is 0.475. The van der Waals surface area contributed by atoms with Crippen LogP contribution in [0.15, 0.2) is 12.4 Å². The molecule has 2 atom stereocenters. The molecule has 2 aliphatic heterocycles. The molecule has 2 unspecified atom stereocenters. The van der Waals surface area contributed by atoms with Crippen LogP contribution < -0.4 is 10.2 Å². The number of nitrogens with zero attached hydrogens (tertiary/aromatic N) is 3. The molecule has 0 spiro atoms. The largest absolute Gasteiger partial charge is 0.342 e. The molecule has 1 aromatic heterocycles. The van der Waals surface area contributed by atoms with E-state index in [1.807, 2.05) is 6.20 Å². The van der Waals surface area contributed by atoms with E-state index >= 15 is 0 Å². The number of fused-ring (bicyclic) bond motifs is 2. The van der Waals surface area contributed by atoms with Crippen molar-refractivity contribution in [2.75, 3.05) is 11.9 Å². The van der Waals surface area contributed by atoms with Crippen molar-refractivity contribution < 1.29 is 0 Å². The lowest BCUT2D eigenvalue weighted by Crippen LogP contribution is -2.47. The summed E-state index contributed by atoms with van der Waals surface area (Å²) in [7, 11) is 2.20. The Balaban J connectivity index is 1.77. The number of aromatic nitrogens is 2. The SMILES string of the molecule is CC(C)n1ccnc1N(C)C1CC2CCC(C1)N2. The van der Waals surface area contributed by atoms with E-state index in [2.05, 4.69) is 46.9 Å². The molecular formula is C14H24N4. The first-order chi connectivity index (χ1) is 8.65. The molecule has 2 fully saturated rings. The molecule has 0 saturated carbocycles. The van der Waals surface area contributed by atoms with Crippen LogP contribution in [0.5, 0.6) is 0 Å². The third kappa shape index (κ3) is 2.03. The molecule has 2 saturated heterocycles. The van der Waals surface area contributed by atoms with Gasteiger partial charge in [-0.2, -0.15) is 0 Å². The van der Waals surface area contributed by atoms with Gasteiger partial charge in [0.25, 0.3) is 0 Å². The van der Waals surface area contributed by atoms with Crippen molar-refractivity contribution in [3.8, 4) is 0 Å². The summed E-state index contributed by atoms with van der Waals surface area (Å²) in [5.74, 6) is 1.12. The monoisotopic (exact) mass is 248 g/mol. The van der Waals surface area contributed by atoms with Gasteiger partial charge in [0.2, 0.25) is 5.95 Å². The van der Waals surface area contributed by atoms with E-state index in [9.17, 15) is 0 Å². The molecule has 100 valence electrons. The number of imidazole rings is 1. The topological polar surface area (TPSA) is 33.1 Å². The summed E-state index contributed by atoms with van der Waals surface area (Å²) in [4.78, 5) is 6.95. The van der Waals surface area contributed by atoms with Crippen LogP contribution in [0, 0.1) is 0 Å². The van der Waals surface area contributed by atoms with Crippen LogP contribution >= 0.6 is 0 Å². The van der Waals surface area contributed by atoms with Crippen LogP contribution in [-0.2, 0) is 0 Å². The van der Waals surface area contributed by atoms with E-state index in [-0.39, 0.29) is 0 Å². The maximum absolute atomic E-state index is 4.55. The maximum Gasteiger partial charge on any atom is 0.205 e. The van der Waals surface area contributed by atoms with Crippen molar-refractivity contribution in [1.82, 2.24) is 14.9 Å². The van der Waals surface area contributed by atoms with Crippen LogP contribution in [0.2, 0.25) is 0 Å². The first kappa shape index (κ1) is 12.0. The van der Waals surface area contributed by atoms with Crippen molar-refractivity contribution in [2.45, 2.75) is 63.7 Å². The highest BCUT2D eigenvalue weighted by atomic mass is 15.3. The lowest BCUT2D eigenvalue weighted by Gasteiger charge is -2.36. The summed E-state index contributed by atoms with van der Waals surface area (Å²) in [5.41, 5.74) is 0. The van der Waals surface area contributed by atoms with Crippen molar-refractivity contribution >= 4 is 5.95 Å². The fraction of sp³-hybridized carbons (Fsp3) is 0.786. The summed E-state index contributed by atoms with van der Waals surface area (Å²) in [6, 6.07) is 2.59. The van der Waals surface area contributed by atoms with Crippen molar-refractivity contribution in [2.24, 2.45) is 0 Å². The molecule has 0 radical (unpaired) electrons. The minimum absolute atomic E-state index is 0.475. The highest BCUT2D eigenvalue weighted by Gasteiger charge is 2.36. The molecule has 4 nitrogen and oxygen atoms in total. The molecule has 0 amide bonds. The van der Waals surface area contributed by atoms with Gasteiger partial charge in [-0.25, -0.2) is 4.98 Å². The van der Waals surface area contributed by atoms with Gasteiger partial charge in [0.05, 0.1) is 0 Å². The lowest BCUT2D eigenvalue weighted by molar-refractivity contribution is 0.350. The normalized spacial score (nSPS) is 31.0. The second-order valence-electron chi connectivity index (χ2n) is 6.10. The zero-order chi connectivity index (χ0) is 12.7. The Hall–Kier alpha value is -1.03. The van der Waals surface area contributed by atoms with E-state index in [0.29, 0.717) is 12.1 Å². The Morgan fingerprint density at radius 2 is 2.00 bits per heavy atom. The Labute approximate surface area is 109 Å². The number of anilines is 1. The smallest absolute Gasteiger partial charge is 0.205 e. The van der Waals surface area contributed by atoms with Gasteiger partial charge in [0, 0.05) is 43.6 Å². The molecule has 3 rings (SSSR count). The number of hydrogen-bond donors (Lipinski definition) is 1. The zero-order valence-corrected chi connectivity index (χ0v) is 11.6. The van der Waals surface area contributed by atoms with Crippen molar-refractivity contribution in [3.63, 3.8) is 0 Å². The van der Waals surface area contributed by atoms with Gasteiger partial charge in [0.1, 0.15) is 0 Å². The highest BCUT2D eigenvalue weighted by Crippen LogP contribution is 2.31. The summed E-state index contributed by atoms with van der Waals surface area (Å²) >= 11 is 0. The van der Waals surface area contributed by atoms with E-state index in [0.717, 1.165) is 18.0 Å². The van der Waals surface area contributed by atoms with E-state index in [1.54, 1.807) is 0 Å². The second-order valence-corrected chi connectivity index (χ2v) is 6.10. The molecule has 2 bridgehead atoms. The average Bonchev–Trinajstić information content (AvgIpc) is 2.95. The number of piperidine rings is 1. The third-order valence-electron chi connectivity index (χ3n) is 4.52. The Kier molecular flexibility index (Phi) is 3.06. The molecule has 2 aliphatic rings. The lowest BCUT2D eigenvalue weighted by atomic mass is 9.99. The predicted molar refractivity (Wildman–Crippen MR) is 74.0 cm³/mol. The van der Waals surface area contributed by atoms with Gasteiger partial charge >= 0.3 is 0 Å². The molecule has 1 N–H and O–H groups in total. The van der Waals surface area contributed by atoms with Crippen LogP contribution in [0.1, 0.15) is 45.6 Å². The third-order valence-corrected chi connectivity index (χ3v) is 4.52. The minimum Gasteiger partial charge on any atom is -0.342 e. The fourth-order valence-corrected chi connectivity index (χ4v) is 3.49. The number of nitrogens with one attached hydrogen (secondary N) is 1. The molecule has 0 aliphatic carbocycles. The molecule has 3 heterocycles. The summed E-state index contributed by atoms with van der Waals surface area (Å²) in [6.45, 7) is 4.43. The van der Waals surface area contributed by atoms with Gasteiger partial charge in [-0.15, -0.1) is 0 Å². The fourth-order valence-electron chi connectivity index (χ4n) is 3.49. The van der Waals surface area contributed by atoms with Gasteiger partial charge in [-0.1, -0.05) is 0 Å². The van der Waals surface area contributed by atoms with Gasteiger partial charge in [0.15, 0.2) is 0 Å². The Morgan fingerprint density at radius 1 is 1.33 bits per heavy atom. The maximum atomic E-state index is 4.55. The van der Waals surface area contributed by atoms with Crippen molar-refractivity contribution in [3.05, 3.63) is 12.4 Å². The molecule has 4 heteroatoms. The molecular weight excluding hydrogens is 224 g/mol. The standard InChI is InChI=1S/C14H24N4/c1-10(2)18-7-6-15-14(18)17(3)13-8-11-4-5-12(9-13)16-11/h6-7,10-13,16H,4-5,8-9H2,1-3H3. The van der Waals surface area contributed by atoms with Gasteiger partial charge < -0.3 is 14.8 Å². The van der Waals surface area contributed by atoms with E-state index in [1.165, 1.54) is 25.7 Å². The number of rotatable bonds is 3. The average molecular weight is 248 g/mol.